The minimum absolute atomic E-state index is 0.0552. The third kappa shape index (κ3) is 4.80. The number of carbonyl (C=O) groups excluding carboxylic acids is 1. The summed E-state index contributed by atoms with van der Waals surface area (Å²) >= 11 is 0.937. The quantitative estimate of drug-likeness (QED) is 0.430. The summed E-state index contributed by atoms with van der Waals surface area (Å²) < 4.78 is 7.03. The molecule has 0 spiro atoms. The molecule has 0 aliphatic carbocycles. The van der Waals surface area contributed by atoms with Gasteiger partial charge in [0.15, 0.2) is 5.03 Å². The highest BCUT2D eigenvalue weighted by Gasteiger charge is 2.11. The van der Waals surface area contributed by atoms with Gasteiger partial charge in [-0.2, -0.15) is 10.2 Å². The highest BCUT2D eigenvalue weighted by Crippen LogP contribution is 2.10. The topological polar surface area (TPSA) is 108 Å². The molecule has 25 heavy (non-hydrogen) atoms. The first kappa shape index (κ1) is 18.5. The van der Waals surface area contributed by atoms with Gasteiger partial charge in [0.25, 0.3) is 5.56 Å². The monoisotopic (exact) mass is 363 g/mol. The molecular weight excluding hydrogens is 346 g/mol. The van der Waals surface area contributed by atoms with Crippen molar-refractivity contribution in [2.24, 2.45) is 19.2 Å². The largest absolute Gasteiger partial charge is 0.497 e. The van der Waals surface area contributed by atoms with Crippen molar-refractivity contribution in [2.75, 3.05) is 12.9 Å². The van der Waals surface area contributed by atoms with Crippen molar-refractivity contribution < 1.29 is 9.53 Å². The number of amides is 1. The fourth-order valence-electron chi connectivity index (χ4n) is 1.79. The number of carbonyl (C=O) groups is 1. The minimum atomic E-state index is -0.539. The van der Waals surface area contributed by atoms with Crippen molar-refractivity contribution in [1.29, 1.82) is 0 Å². The SMILES string of the molecule is COc1ccc(/C=N\NC(=O)CSc2nn(C)c(=O)n(C)c2=O)cc1. The van der Waals surface area contributed by atoms with Crippen LogP contribution < -0.4 is 21.4 Å². The molecule has 132 valence electrons. The smallest absolute Gasteiger partial charge is 0.346 e. The van der Waals surface area contributed by atoms with Crippen LogP contribution in [0.15, 0.2) is 44.0 Å². The van der Waals surface area contributed by atoms with Gasteiger partial charge in [0.05, 0.1) is 19.1 Å². The fraction of sp³-hybridized carbons (Fsp3) is 0.267. The Morgan fingerprint density at radius 3 is 2.64 bits per heavy atom. The van der Waals surface area contributed by atoms with Crippen molar-refractivity contribution >= 4 is 23.9 Å². The van der Waals surface area contributed by atoms with Crippen molar-refractivity contribution in [1.82, 2.24) is 19.8 Å². The summed E-state index contributed by atoms with van der Waals surface area (Å²) in [6.07, 6.45) is 1.49. The van der Waals surface area contributed by atoms with E-state index >= 15 is 0 Å². The number of rotatable bonds is 6. The van der Waals surface area contributed by atoms with E-state index in [1.807, 2.05) is 0 Å². The summed E-state index contributed by atoms with van der Waals surface area (Å²) in [4.78, 5) is 35.2. The molecule has 0 aliphatic rings. The number of nitrogens with one attached hydrogen (secondary N) is 1. The van der Waals surface area contributed by atoms with E-state index in [0.717, 1.165) is 32.3 Å². The number of hydrazone groups is 1. The Bertz CT molecular complexity index is 902. The molecule has 0 atom stereocenters. The van der Waals surface area contributed by atoms with Crippen LogP contribution in [0.3, 0.4) is 0 Å². The van der Waals surface area contributed by atoms with Crippen LogP contribution in [0, 0.1) is 0 Å². The molecule has 1 heterocycles. The van der Waals surface area contributed by atoms with Gasteiger partial charge in [0.2, 0.25) is 5.91 Å². The number of aromatic nitrogens is 3. The van der Waals surface area contributed by atoms with Crippen LogP contribution in [0.25, 0.3) is 0 Å². The van der Waals surface area contributed by atoms with E-state index < -0.39 is 17.2 Å². The molecule has 0 saturated heterocycles. The minimum Gasteiger partial charge on any atom is -0.497 e. The van der Waals surface area contributed by atoms with E-state index in [9.17, 15) is 14.4 Å². The van der Waals surface area contributed by atoms with Gasteiger partial charge in [-0.3, -0.25) is 14.2 Å². The molecule has 1 aromatic carbocycles. The summed E-state index contributed by atoms with van der Waals surface area (Å²) in [7, 11) is 4.37. The molecule has 0 unspecified atom stereocenters. The van der Waals surface area contributed by atoms with Gasteiger partial charge in [-0.05, 0) is 29.8 Å². The molecule has 1 amide bonds. The van der Waals surface area contributed by atoms with Gasteiger partial charge >= 0.3 is 5.69 Å². The number of benzene rings is 1. The Kier molecular flexibility index (Phi) is 6.12. The van der Waals surface area contributed by atoms with Crippen molar-refractivity contribution in [3.05, 3.63) is 50.7 Å². The lowest BCUT2D eigenvalue weighted by Gasteiger charge is -2.04. The van der Waals surface area contributed by atoms with Crippen LogP contribution in [0.4, 0.5) is 0 Å². The normalized spacial score (nSPS) is 10.8. The summed E-state index contributed by atoms with van der Waals surface area (Å²) in [5.41, 5.74) is 2.09. The number of ether oxygens (including phenoxy) is 1. The maximum Gasteiger partial charge on any atom is 0.346 e. The predicted molar refractivity (Wildman–Crippen MR) is 94.2 cm³/mol. The van der Waals surface area contributed by atoms with Gasteiger partial charge in [-0.15, -0.1) is 0 Å². The van der Waals surface area contributed by atoms with Crippen LogP contribution in [-0.2, 0) is 18.9 Å². The standard InChI is InChI=1S/C15H17N5O4S/c1-19-14(22)13(18-20(2)15(19)23)25-9-12(21)17-16-8-10-4-6-11(24-3)7-5-10/h4-8H,9H2,1-3H3,(H,17,21)/b16-8-. The lowest BCUT2D eigenvalue weighted by Crippen LogP contribution is -2.39. The molecule has 0 radical (unpaired) electrons. The molecule has 1 N–H and O–H groups in total. The van der Waals surface area contributed by atoms with Crippen LogP contribution in [0.1, 0.15) is 5.56 Å². The van der Waals surface area contributed by atoms with Crippen molar-refractivity contribution in [3.63, 3.8) is 0 Å². The molecule has 2 rings (SSSR count). The molecule has 0 fully saturated rings. The van der Waals surface area contributed by atoms with E-state index in [-0.39, 0.29) is 10.8 Å². The Morgan fingerprint density at radius 1 is 1.32 bits per heavy atom. The molecule has 0 bridgehead atoms. The fourth-order valence-corrected chi connectivity index (χ4v) is 2.57. The number of hydrogen-bond donors (Lipinski definition) is 1. The van der Waals surface area contributed by atoms with Gasteiger partial charge in [-0.25, -0.2) is 14.9 Å². The molecule has 1 aromatic heterocycles. The van der Waals surface area contributed by atoms with Crippen LogP contribution >= 0.6 is 11.8 Å². The third-order valence-electron chi connectivity index (χ3n) is 3.15. The van der Waals surface area contributed by atoms with Gasteiger partial charge in [-0.1, -0.05) is 11.8 Å². The first-order valence-electron chi connectivity index (χ1n) is 7.15. The van der Waals surface area contributed by atoms with Crippen LogP contribution in [0.2, 0.25) is 0 Å². The van der Waals surface area contributed by atoms with Gasteiger partial charge < -0.3 is 4.74 Å². The number of aryl methyl sites for hydroxylation is 1. The highest BCUT2D eigenvalue weighted by atomic mass is 32.2. The maximum atomic E-state index is 11.9. The molecule has 9 nitrogen and oxygen atoms in total. The molecular formula is C15H17N5O4S. The van der Waals surface area contributed by atoms with Crippen LogP contribution in [-0.4, -0.2) is 39.3 Å². The highest BCUT2D eigenvalue weighted by molar-refractivity contribution is 7.99. The van der Waals surface area contributed by atoms with Crippen molar-refractivity contribution in [2.45, 2.75) is 5.03 Å². The van der Waals surface area contributed by atoms with E-state index in [1.54, 1.807) is 31.4 Å². The second kappa shape index (κ2) is 8.29. The number of hydrogen-bond acceptors (Lipinski definition) is 7. The van der Waals surface area contributed by atoms with E-state index in [1.165, 1.54) is 20.3 Å². The number of nitrogens with zero attached hydrogens (tertiary/aromatic N) is 4. The first-order chi connectivity index (χ1) is 11.9. The lowest BCUT2D eigenvalue weighted by atomic mass is 10.2. The zero-order chi connectivity index (χ0) is 18.4. The molecule has 2 aromatic rings. The van der Waals surface area contributed by atoms with Gasteiger partial charge in [0.1, 0.15) is 5.75 Å². The molecule has 10 heteroatoms. The second-order valence-corrected chi connectivity index (χ2v) is 5.89. The lowest BCUT2D eigenvalue weighted by molar-refractivity contribution is -0.118. The Balaban J connectivity index is 1.91. The second-order valence-electron chi connectivity index (χ2n) is 4.93. The van der Waals surface area contributed by atoms with Gasteiger partial charge in [0, 0.05) is 14.1 Å². The number of thioether (sulfide) groups is 1. The van der Waals surface area contributed by atoms with E-state index in [0.29, 0.717) is 0 Å². The average Bonchev–Trinajstić information content (AvgIpc) is 2.62. The first-order valence-corrected chi connectivity index (χ1v) is 8.14. The summed E-state index contributed by atoms with van der Waals surface area (Å²) in [6, 6.07) is 7.14. The van der Waals surface area contributed by atoms with E-state index in [4.69, 9.17) is 4.74 Å². The molecule has 0 aliphatic heterocycles. The maximum absolute atomic E-state index is 11.9. The van der Waals surface area contributed by atoms with E-state index in [2.05, 4.69) is 15.6 Å². The number of methoxy groups -OCH3 is 1. The third-order valence-corrected chi connectivity index (χ3v) is 4.09. The zero-order valence-electron chi connectivity index (χ0n) is 13.9. The summed E-state index contributed by atoms with van der Waals surface area (Å²) in [5, 5.41) is 7.76. The van der Waals surface area contributed by atoms with Crippen molar-refractivity contribution in [3.8, 4) is 5.75 Å². The zero-order valence-corrected chi connectivity index (χ0v) is 14.7. The molecule has 0 saturated carbocycles. The van der Waals surface area contributed by atoms with Crippen LogP contribution in [0.5, 0.6) is 5.75 Å². The summed E-state index contributed by atoms with van der Waals surface area (Å²) in [6.45, 7) is 0. The Hall–Kier alpha value is -2.88. The Morgan fingerprint density at radius 2 is 2.00 bits per heavy atom. The average molecular weight is 363 g/mol. The predicted octanol–water partition coefficient (Wildman–Crippen LogP) is -0.270. The summed E-state index contributed by atoms with van der Waals surface area (Å²) in [5.74, 6) is 0.275. The Labute approximate surface area is 147 Å².